The Morgan fingerprint density at radius 3 is 1.19 bits per heavy atom. The van der Waals surface area contributed by atoms with Gasteiger partial charge in [0.1, 0.15) is 6.61 Å². The fourth-order valence-electron chi connectivity index (χ4n) is 6.36. The van der Waals surface area contributed by atoms with Crippen molar-refractivity contribution in [1.29, 1.82) is 0 Å². The number of carbonyl (C=O) groups is 2. The molecule has 0 spiro atoms. The fraction of sp³-hybridized carbons (Fsp3) is 0.952. The lowest BCUT2D eigenvalue weighted by atomic mass is 9.99. The zero-order valence-corrected chi connectivity index (χ0v) is 32.0. The third-order valence-electron chi connectivity index (χ3n) is 9.94. The predicted molar refractivity (Wildman–Crippen MR) is 201 cm³/mol. The van der Waals surface area contributed by atoms with Crippen LogP contribution in [0.4, 0.5) is 0 Å². The SMILES string of the molecule is CCCCCCCCCCCCCCCCCCCCCC(=O)O[C@@H](CO)COC(=O)CCCCCCCCCCCCC(C)CC. The highest BCUT2D eigenvalue weighted by Crippen LogP contribution is 2.17. The third-order valence-corrected chi connectivity index (χ3v) is 9.94. The van der Waals surface area contributed by atoms with E-state index in [9.17, 15) is 14.7 Å². The van der Waals surface area contributed by atoms with Crippen molar-refractivity contribution in [2.45, 2.75) is 239 Å². The molecule has 0 radical (unpaired) electrons. The van der Waals surface area contributed by atoms with Crippen molar-refractivity contribution in [1.82, 2.24) is 0 Å². The molecule has 0 rings (SSSR count). The smallest absolute Gasteiger partial charge is 0.306 e. The molecule has 0 aromatic carbocycles. The maximum Gasteiger partial charge on any atom is 0.306 e. The third kappa shape index (κ3) is 36.0. The average Bonchev–Trinajstić information content (AvgIpc) is 3.07. The van der Waals surface area contributed by atoms with Gasteiger partial charge in [-0.2, -0.15) is 0 Å². The van der Waals surface area contributed by atoms with E-state index < -0.39 is 6.10 Å². The highest BCUT2D eigenvalue weighted by Gasteiger charge is 2.16. The number of rotatable bonds is 38. The van der Waals surface area contributed by atoms with Gasteiger partial charge in [0.2, 0.25) is 0 Å². The van der Waals surface area contributed by atoms with Crippen molar-refractivity contribution in [3.05, 3.63) is 0 Å². The van der Waals surface area contributed by atoms with E-state index in [2.05, 4.69) is 20.8 Å². The van der Waals surface area contributed by atoms with Gasteiger partial charge in [-0.25, -0.2) is 0 Å². The largest absolute Gasteiger partial charge is 0.462 e. The molecule has 47 heavy (non-hydrogen) atoms. The van der Waals surface area contributed by atoms with Crippen LogP contribution in [0.25, 0.3) is 0 Å². The van der Waals surface area contributed by atoms with Crippen LogP contribution >= 0.6 is 0 Å². The maximum atomic E-state index is 12.2. The molecule has 2 atom stereocenters. The predicted octanol–water partition coefficient (Wildman–Crippen LogP) is 13.0. The average molecular weight is 667 g/mol. The first kappa shape index (κ1) is 45.9. The molecule has 1 N–H and O–H groups in total. The van der Waals surface area contributed by atoms with Gasteiger partial charge in [-0.05, 0) is 18.8 Å². The first-order chi connectivity index (χ1) is 23.0. The number of esters is 2. The van der Waals surface area contributed by atoms with E-state index in [1.54, 1.807) is 0 Å². The Hall–Kier alpha value is -1.10. The molecule has 0 aliphatic rings. The van der Waals surface area contributed by atoms with E-state index in [-0.39, 0.29) is 25.2 Å². The molecule has 5 nitrogen and oxygen atoms in total. The molecule has 1 unspecified atom stereocenters. The maximum absolute atomic E-state index is 12.2. The van der Waals surface area contributed by atoms with Gasteiger partial charge in [0, 0.05) is 12.8 Å². The normalized spacial score (nSPS) is 12.7. The van der Waals surface area contributed by atoms with Crippen LogP contribution in [0.5, 0.6) is 0 Å². The first-order valence-electron chi connectivity index (χ1n) is 21.0. The zero-order chi connectivity index (χ0) is 34.5. The number of ether oxygens (including phenoxy) is 2. The molecule has 0 aromatic rings. The molecule has 0 bridgehead atoms. The van der Waals surface area contributed by atoms with Gasteiger partial charge in [-0.1, -0.05) is 207 Å². The van der Waals surface area contributed by atoms with E-state index in [1.807, 2.05) is 0 Å². The fourth-order valence-corrected chi connectivity index (χ4v) is 6.36. The Balaban J connectivity index is 3.48. The van der Waals surface area contributed by atoms with Crippen LogP contribution in [-0.2, 0) is 19.1 Å². The van der Waals surface area contributed by atoms with Crippen LogP contribution in [-0.4, -0.2) is 36.4 Å². The van der Waals surface area contributed by atoms with Gasteiger partial charge in [0.05, 0.1) is 6.61 Å². The quantitative estimate of drug-likeness (QED) is 0.0524. The van der Waals surface area contributed by atoms with Gasteiger partial charge in [0.25, 0.3) is 0 Å². The van der Waals surface area contributed by atoms with Crippen molar-refractivity contribution in [2.24, 2.45) is 5.92 Å². The second-order valence-corrected chi connectivity index (χ2v) is 14.7. The Kier molecular flexibility index (Phi) is 36.8. The number of aliphatic hydroxyl groups excluding tert-OH is 1. The van der Waals surface area contributed by atoms with Gasteiger partial charge in [-0.3, -0.25) is 9.59 Å². The molecule has 5 heteroatoms. The summed E-state index contributed by atoms with van der Waals surface area (Å²) in [6.07, 6.45) is 40.2. The van der Waals surface area contributed by atoms with E-state index >= 15 is 0 Å². The lowest BCUT2D eigenvalue weighted by Gasteiger charge is -2.15. The zero-order valence-electron chi connectivity index (χ0n) is 32.0. The van der Waals surface area contributed by atoms with E-state index in [1.165, 1.54) is 161 Å². The Bertz CT molecular complexity index is 651. The van der Waals surface area contributed by atoms with E-state index in [4.69, 9.17) is 9.47 Å². The highest BCUT2D eigenvalue weighted by molar-refractivity contribution is 5.70. The summed E-state index contributed by atoms with van der Waals surface area (Å²) in [6.45, 7) is 6.54. The Labute approximate surface area is 293 Å². The summed E-state index contributed by atoms with van der Waals surface area (Å²) in [6, 6.07) is 0. The lowest BCUT2D eigenvalue weighted by Crippen LogP contribution is -2.28. The first-order valence-corrected chi connectivity index (χ1v) is 21.0. The Morgan fingerprint density at radius 2 is 0.830 bits per heavy atom. The second-order valence-electron chi connectivity index (χ2n) is 14.7. The summed E-state index contributed by atoms with van der Waals surface area (Å²) in [5.74, 6) is 0.304. The van der Waals surface area contributed by atoms with Crippen molar-refractivity contribution in [3.8, 4) is 0 Å². The number of unbranched alkanes of at least 4 members (excludes halogenated alkanes) is 27. The summed E-state index contributed by atoms with van der Waals surface area (Å²) >= 11 is 0. The van der Waals surface area contributed by atoms with Crippen molar-refractivity contribution < 1.29 is 24.2 Å². The van der Waals surface area contributed by atoms with Crippen molar-refractivity contribution in [2.75, 3.05) is 13.2 Å². The number of hydrogen-bond acceptors (Lipinski definition) is 5. The Morgan fingerprint density at radius 1 is 0.489 bits per heavy atom. The summed E-state index contributed by atoms with van der Waals surface area (Å²) in [5, 5.41) is 9.56. The molecule has 0 saturated carbocycles. The summed E-state index contributed by atoms with van der Waals surface area (Å²) in [5.41, 5.74) is 0. The van der Waals surface area contributed by atoms with Gasteiger partial charge < -0.3 is 14.6 Å². The molecule has 0 aliphatic heterocycles. The minimum atomic E-state index is -0.762. The van der Waals surface area contributed by atoms with E-state index in [0.29, 0.717) is 12.8 Å². The van der Waals surface area contributed by atoms with Crippen molar-refractivity contribution in [3.63, 3.8) is 0 Å². The number of carbonyl (C=O) groups excluding carboxylic acids is 2. The molecule has 0 amide bonds. The van der Waals surface area contributed by atoms with Crippen LogP contribution in [0.3, 0.4) is 0 Å². The standard InChI is InChI=1S/C42H82O5/c1-4-6-7-8-9-10-11-12-13-14-15-16-17-18-19-24-27-30-33-36-42(45)47-40(37-43)38-46-41(44)35-32-29-26-23-21-20-22-25-28-31-34-39(3)5-2/h39-40,43H,4-38H2,1-3H3/t39?,40-/m0/s1. The summed E-state index contributed by atoms with van der Waals surface area (Å²) in [7, 11) is 0. The van der Waals surface area contributed by atoms with Crippen LogP contribution in [0.1, 0.15) is 233 Å². The van der Waals surface area contributed by atoms with E-state index in [0.717, 1.165) is 44.4 Å². The highest BCUT2D eigenvalue weighted by atomic mass is 16.6. The molecule has 0 aromatic heterocycles. The van der Waals surface area contributed by atoms with Crippen LogP contribution in [0, 0.1) is 5.92 Å². The number of hydrogen-bond donors (Lipinski definition) is 1. The molecule has 280 valence electrons. The van der Waals surface area contributed by atoms with Gasteiger partial charge in [0.15, 0.2) is 6.10 Å². The van der Waals surface area contributed by atoms with Crippen LogP contribution in [0.2, 0.25) is 0 Å². The monoisotopic (exact) mass is 667 g/mol. The number of aliphatic hydroxyl groups is 1. The molecule has 0 fully saturated rings. The molecule has 0 aliphatic carbocycles. The minimum Gasteiger partial charge on any atom is -0.462 e. The van der Waals surface area contributed by atoms with Crippen LogP contribution in [0.15, 0.2) is 0 Å². The second kappa shape index (κ2) is 37.7. The molecular formula is C42H82O5. The summed E-state index contributed by atoms with van der Waals surface area (Å²) in [4.78, 5) is 24.3. The van der Waals surface area contributed by atoms with Gasteiger partial charge >= 0.3 is 11.9 Å². The molecule has 0 heterocycles. The minimum absolute atomic E-state index is 0.0579. The van der Waals surface area contributed by atoms with Crippen LogP contribution < -0.4 is 0 Å². The topological polar surface area (TPSA) is 72.8 Å². The van der Waals surface area contributed by atoms with Crippen molar-refractivity contribution >= 4 is 11.9 Å². The van der Waals surface area contributed by atoms with Gasteiger partial charge in [-0.15, -0.1) is 0 Å². The molecular weight excluding hydrogens is 584 g/mol. The summed E-state index contributed by atoms with van der Waals surface area (Å²) < 4.78 is 10.6. The lowest BCUT2D eigenvalue weighted by molar-refractivity contribution is -0.161. The molecule has 0 saturated heterocycles.